The topological polar surface area (TPSA) is 77.2 Å². The van der Waals surface area contributed by atoms with Crippen LogP contribution in [0.15, 0.2) is 18.2 Å². The van der Waals surface area contributed by atoms with Gasteiger partial charge in [-0.15, -0.1) is 0 Å². The van der Waals surface area contributed by atoms with E-state index < -0.39 is 5.91 Å². The molecular formula is C11H17N3O2. The maximum atomic E-state index is 10.9. The van der Waals surface area contributed by atoms with Crippen molar-refractivity contribution in [1.29, 1.82) is 0 Å². The van der Waals surface area contributed by atoms with Crippen LogP contribution in [0.5, 0.6) is 5.88 Å². The van der Waals surface area contributed by atoms with E-state index in [4.69, 9.17) is 10.5 Å². The minimum absolute atomic E-state index is 0.217. The van der Waals surface area contributed by atoms with Crippen molar-refractivity contribution in [2.45, 2.75) is 19.9 Å². The van der Waals surface area contributed by atoms with Gasteiger partial charge in [-0.2, -0.15) is 0 Å². The fourth-order valence-electron chi connectivity index (χ4n) is 1.14. The highest BCUT2D eigenvalue weighted by Crippen LogP contribution is 2.06. The molecule has 5 heteroatoms. The van der Waals surface area contributed by atoms with E-state index in [1.807, 2.05) is 0 Å². The van der Waals surface area contributed by atoms with Crippen molar-refractivity contribution in [3.63, 3.8) is 0 Å². The summed E-state index contributed by atoms with van der Waals surface area (Å²) in [6, 6.07) is 5.37. The molecule has 0 radical (unpaired) electrons. The van der Waals surface area contributed by atoms with Crippen molar-refractivity contribution in [3.8, 4) is 5.88 Å². The highest BCUT2D eigenvalue weighted by Gasteiger charge is 2.03. The Morgan fingerprint density at radius 1 is 1.56 bits per heavy atom. The number of amides is 1. The number of primary amides is 1. The number of hydrogen-bond acceptors (Lipinski definition) is 4. The summed E-state index contributed by atoms with van der Waals surface area (Å²) in [6.45, 7) is 5.37. The van der Waals surface area contributed by atoms with Crippen LogP contribution in [0, 0.1) is 0 Å². The molecule has 88 valence electrons. The monoisotopic (exact) mass is 223 g/mol. The van der Waals surface area contributed by atoms with Crippen molar-refractivity contribution >= 4 is 5.91 Å². The lowest BCUT2D eigenvalue weighted by molar-refractivity contribution is 0.0994. The van der Waals surface area contributed by atoms with Crippen molar-refractivity contribution in [3.05, 3.63) is 23.9 Å². The zero-order valence-electron chi connectivity index (χ0n) is 9.56. The maximum absolute atomic E-state index is 10.9. The average molecular weight is 223 g/mol. The SMILES string of the molecule is CC(C)NCCOc1cccc(C(N)=O)n1. The van der Waals surface area contributed by atoms with Crippen LogP contribution < -0.4 is 15.8 Å². The van der Waals surface area contributed by atoms with Gasteiger partial charge in [0.15, 0.2) is 0 Å². The van der Waals surface area contributed by atoms with Crippen LogP contribution in [0.4, 0.5) is 0 Å². The summed E-state index contributed by atoms with van der Waals surface area (Å²) >= 11 is 0. The Balaban J connectivity index is 2.42. The summed E-state index contributed by atoms with van der Waals surface area (Å²) in [6.07, 6.45) is 0. The summed E-state index contributed by atoms with van der Waals surface area (Å²) in [5.74, 6) is -0.132. The number of rotatable bonds is 6. The van der Waals surface area contributed by atoms with Gasteiger partial charge in [0.1, 0.15) is 12.3 Å². The first-order valence-corrected chi connectivity index (χ1v) is 5.22. The lowest BCUT2D eigenvalue weighted by atomic mass is 10.3. The summed E-state index contributed by atoms with van der Waals surface area (Å²) in [7, 11) is 0. The molecule has 0 atom stereocenters. The number of nitrogens with one attached hydrogen (secondary N) is 1. The minimum Gasteiger partial charge on any atom is -0.476 e. The molecule has 3 N–H and O–H groups in total. The summed E-state index contributed by atoms with van der Waals surface area (Å²) in [5, 5.41) is 3.21. The van der Waals surface area contributed by atoms with Crippen LogP contribution in [-0.4, -0.2) is 30.1 Å². The van der Waals surface area contributed by atoms with Crippen molar-refractivity contribution in [2.24, 2.45) is 5.73 Å². The first-order chi connectivity index (χ1) is 7.59. The Morgan fingerprint density at radius 2 is 2.31 bits per heavy atom. The maximum Gasteiger partial charge on any atom is 0.267 e. The lowest BCUT2D eigenvalue weighted by Crippen LogP contribution is -2.27. The average Bonchev–Trinajstić information content (AvgIpc) is 2.24. The fraction of sp³-hybridized carbons (Fsp3) is 0.455. The van der Waals surface area contributed by atoms with Gasteiger partial charge in [-0.25, -0.2) is 4.98 Å². The molecule has 1 aromatic heterocycles. The molecule has 1 aromatic rings. The number of nitrogens with zero attached hydrogens (tertiary/aromatic N) is 1. The molecule has 1 heterocycles. The van der Waals surface area contributed by atoms with Crippen LogP contribution in [-0.2, 0) is 0 Å². The number of carbonyl (C=O) groups excluding carboxylic acids is 1. The number of ether oxygens (including phenoxy) is 1. The summed E-state index contributed by atoms with van der Waals surface area (Å²) < 4.78 is 5.37. The Hall–Kier alpha value is -1.62. The normalized spacial score (nSPS) is 10.4. The van der Waals surface area contributed by atoms with Crippen molar-refractivity contribution in [1.82, 2.24) is 10.3 Å². The zero-order chi connectivity index (χ0) is 12.0. The van der Waals surface area contributed by atoms with E-state index in [1.54, 1.807) is 18.2 Å². The second-order valence-corrected chi connectivity index (χ2v) is 3.68. The molecular weight excluding hydrogens is 206 g/mol. The van der Waals surface area contributed by atoms with Gasteiger partial charge in [-0.3, -0.25) is 4.79 Å². The molecule has 0 bridgehead atoms. The van der Waals surface area contributed by atoms with Crippen molar-refractivity contribution in [2.75, 3.05) is 13.2 Å². The molecule has 0 aromatic carbocycles. The van der Waals surface area contributed by atoms with E-state index in [9.17, 15) is 4.79 Å². The van der Waals surface area contributed by atoms with Gasteiger partial charge < -0.3 is 15.8 Å². The van der Waals surface area contributed by atoms with Gasteiger partial charge >= 0.3 is 0 Å². The number of carbonyl (C=O) groups is 1. The molecule has 1 amide bonds. The first-order valence-electron chi connectivity index (χ1n) is 5.22. The third-order valence-corrected chi connectivity index (χ3v) is 1.88. The van der Waals surface area contributed by atoms with Gasteiger partial charge in [0.25, 0.3) is 5.91 Å². The van der Waals surface area contributed by atoms with Crippen LogP contribution in [0.2, 0.25) is 0 Å². The lowest BCUT2D eigenvalue weighted by Gasteiger charge is -2.09. The molecule has 0 aliphatic heterocycles. The van der Waals surface area contributed by atoms with E-state index in [0.29, 0.717) is 18.5 Å². The first kappa shape index (κ1) is 12.4. The standard InChI is InChI=1S/C11H17N3O2/c1-8(2)13-6-7-16-10-5-3-4-9(14-10)11(12)15/h3-5,8,13H,6-7H2,1-2H3,(H2,12,15). The smallest absolute Gasteiger partial charge is 0.267 e. The highest BCUT2D eigenvalue weighted by molar-refractivity contribution is 5.90. The summed E-state index contributed by atoms with van der Waals surface area (Å²) in [4.78, 5) is 14.8. The van der Waals surface area contributed by atoms with Crippen LogP contribution >= 0.6 is 0 Å². The van der Waals surface area contributed by atoms with E-state index >= 15 is 0 Å². The quantitative estimate of drug-likeness (QED) is 0.691. The summed E-state index contributed by atoms with van der Waals surface area (Å²) in [5.41, 5.74) is 5.32. The van der Waals surface area contributed by atoms with E-state index in [0.717, 1.165) is 6.54 Å². The third-order valence-electron chi connectivity index (χ3n) is 1.88. The Kier molecular flexibility index (Phi) is 4.72. The van der Waals surface area contributed by atoms with E-state index in [-0.39, 0.29) is 5.69 Å². The van der Waals surface area contributed by atoms with Crippen LogP contribution in [0.1, 0.15) is 24.3 Å². The fourth-order valence-corrected chi connectivity index (χ4v) is 1.14. The van der Waals surface area contributed by atoms with Gasteiger partial charge in [-0.05, 0) is 6.07 Å². The molecule has 1 rings (SSSR count). The Labute approximate surface area is 95.0 Å². The number of pyridine rings is 1. The van der Waals surface area contributed by atoms with E-state index in [1.165, 1.54) is 0 Å². The third kappa shape index (κ3) is 4.27. The zero-order valence-corrected chi connectivity index (χ0v) is 9.56. The van der Waals surface area contributed by atoms with Crippen molar-refractivity contribution < 1.29 is 9.53 Å². The molecule has 0 unspecified atom stereocenters. The molecule has 0 spiro atoms. The van der Waals surface area contributed by atoms with Crippen LogP contribution in [0.3, 0.4) is 0 Å². The highest BCUT2D eigenvalue weighted by atomic mass is 16.5. The minimum atomic E-state index is -0.550. The largest absolute Gasteiger partial charge is 0.476 e. The van der Waals surface area contributed by atoms with Gasteiger partial charge in [-0.1, -0.05) is 19.9 Å². The number of aromatic nitrogens is 1. The predicted molar refractivity (Wildman–Crippen MR) is 61.4 cm³/mol. The van der Waals surface area contributed by atoms with Gasteiger partial charge in [0.2, 0.25) is 5.88 Å². The molecule has 0 saturated carbocycles. The molecule has 0 aliphatic rings. The Morgan fingerprint density at radius 3 is 2.94 bits per heavy atom. The van der Waals surface area contributed by atoms with Crippen LogP contribution in [0.25, 0.3) is 0 Å². The van der Waals surface area contributed by atoms with Gasteiger partial charge in [0.05, 0.1) is 0 Å². The molecule has 16 heavy (non-hydrogen) atoms. The predicted octanol–water partition coefficient (Wildman–Crippen LogP) is 0.557. The second-order valence-electron chi connectivity index (χ2n) is 3.68. The van der Waals surface area contributed by atoms with E-state index in [2.05, 4.69) is 24.1 Å². The molecule has 0 aliphatic carbocycles. The number of hydrogen-bond donors (Lipinski definition) is 2. The second kappa shape index (κ2) is 6.07. The molecule has 0 saturated heterocycles. The molecule has 5 nitrogen and oxygen atoms in total. The molecule has 0 fully saturated rings. The Bertz CT molecular complexity index is 353. The number of nitrogens with two attached hydrogens (primary N) is 1. The van der Waals surface area contributed by atoms with Gasteiger partial charge in [0, 0.05) is 18.7 Å².